The molecule has 1 aromatic rings. The van der Waals surface area contributed by atoms with Gasteiger partial charge in [0.15, 0.2) is 0 Å². The van der Waals surface area contributed by atoms with E-state index in [9.17, 15) is 4.79 Å². The van der Waals surface area contributed by atoms with Crippen LogP contribution in [0.4, 0.5) is 0 Å². The maximum Gasteiger partial charge on any atom is 0.255 e. The predicted molar refractivity (Wildman–Crippen MR) is 74.8 cm³/mol. The molecule has 1 amide bonds. The molecule has 1 aromatic carbocycles. The number of hydrogen-bond donors (Lipinski definition) is 1. The normalized spacial score (nSPS) is 13.6. The number of hydrogen-bond acceptors (Lipinski definition) is 2. The Morgan fingerprint density at radius 1 is 1.42 bits per heavy atom. The molecular weight excluding hydrogens is 238 g/mol. The zero-order chi connectivity index (χ0) is 13.7. The summed E-state index contributed by atoms with van der Waals surface area (Å²) in [6, 6.07) is 7.85. The van der Waals surface area contributed by atoms with Gasteiger partial charge < -0.3 is 10.0 Å². The molecule has 0 atom stereocenters. The van der Waals surface area contributed by atoms with E-state index < -0.39 is 0 Å². The molecule has 0 saturated heterocycles. The van der Waals surface area contributed by atoms with Crippen molar-refractivity contribution in [3.63, 3.8) is 0 Å². The Morgan fingerprint density at radius 2 is 2.16 bits per heavy atom. The van der Waals surface area contributed by atoms with Gasteiger partial charge in [0.1, 0.15) is 0 Å². The lowest BCUT2D eigenvalue weighted by Gasteiger charge is -2.21. The Morgan fingerprint density at radius 3 is 2.79 bits per heavy atom. The van der Waals surface area contributed by atoms with E-state index >= 15 is 0 Å². The van der Waals surface area contributed by atoms with Crippen LogP contribution >= 0.6 is 0 Å². The summed E-state index contributed by atoms with van der Waals surface area (Å²) in [6.07, 6.45) is 2.65. The van der Waals surface area contributed by atoms with Gasteiger partial charge in [0.2, 0.25) is 0 Å². The van der Waals surface area contributed by atoms with Crippen molar-refractivity contribution in [1.29, 1.82) is 0 Å². The molecule has 0 bridgehead atoms. The molecule has 0 spiro atoms. The first-order valence-electron chi connectivity index (χ1n) is 6.77. The number of aliphatic hydroxyl groups excluding tert-OH is 1. The van der Waals surface area contributed by atoms with Crippen LogP contribution in [-0.2, 0) is 0 Å². The third-order valence-electron chi connectivity index (χ3n) is 3.21. The molecule has 0 heterocycles. The van der Waals surface area contributed by atoms with E-state index in [4.69, 9.17) is 5.11 Å². The van der Waals surface area contributed by atoms with Crippen molar-refractivity contribution in [1.82, 2.24) is 4.90 Å². The number of nitrogens with zero attached hydrogens (tertiary/aromatic N) is 1. The van der Waals surface area contributed by atoms with Crippen LogP contribution in [0.5, 0.6) is 0 Å². The van der Waals surface area contributed by atoms with Crippen LogP contribution in [0.1, 0.15) is 42.1 Å². The summed E-state index contributed by atoms with van der Waals surface area (Å²) in [5, 5.41) is 8.75. The van der Waals surface area contributed by atoms with Crippen LogP contribution < -0.4 is 0 Å². The van der Waals surface area contributed by atoms with Gasteiger partial charge in [0.05, 0.1) is 12.2 Å². The molecule has 1 aliphatic carbocycles. The number of aliphatic hydroxyl groups is 1. The van der Waals surface area contributed by atoms with Crippen molar-refractivity contribution in [2.45, 2.75) is 32.2 Å². The van der Waals surface area contributed by atoms with Crippen LogP contribution in [0, 0.1) is 11.8 Å². The molecule has 1 aliphatic rings. The third kappa shape index (κ3) is 3.36. The van der Waals surface area contributed by atoms with E-state index in [1.165, 1.54) is 0 Å². The Bertz CT molecular complexity index is 509. The second-order valence-electron chi connectivity index (χ2n) is 4.64. The number of carbonyl (C=O) groups excluding carboxylic acids is 1. The van der Waals surface area contributed by atoms with Gasteiger partial charge in [-0.3, -0.25) is 4.79 Å². The van der Waals surface area contributed by atoms with Gasteiger partial charge in [-0.05, 0) is 31.9 Å². The standard InChI is InChI=1S/C16H19NO2/c1-2-17(14-10-11-14)16(19)15-9-4-3-7-13(15)8-5-6-12-18/h3-4,7,9,14,18H,2,6,10-12H2,1H3. The average Bonchev–Trinajstić information content (AvgIpc) is 3.25. The first kappa shape index (κ1) is 13.6. The molecule has 19 heavy (non-hydrogen) atoms. The highest BCUT2D eigenvalue weighted by molar-refractivity contribution is 5.97. The average molecular weight is 257 g/mol. The fraction of sp³-hybridized carbons (Fsp3) is 0.438. The van der Waals surface area contributed by atoms with E-state index in [1.54, 1.807) is 0 Å². The Labute approximate surface area is 114 Å². The monoisotopic (exact) mass is 257 g/mol. The van der Waals surface area contributed by atoms with Crippen molar-refractivity contribution in [2.24, 2.45) is 0 Å². The lowest BCUT2D eigenvalue weighted by Crippen LogP contribution is -2.33. The number of amides is 1. The summed E-state index contributed by atoms with van der Waals surface area (Å²) in [5.74, 6) is 5.92. The van der Waals surface area contributed by atoms with Gasteiger partial charge in [-0.15, -0.1) is 0 Å². The number of carbonyl (C=O) groups is 1. The smallest absolute Gasteiger partial charge is 0.255 e. The molecule has 1 saturated carbocycles. The van der Waals surface area contributed by atoms with Gasteiger partial charge in [-0.1, -0.05) is 24.0 Å². The third-order valence-corrected chi connectivity index (χ3v) is 3.21. The molecule has 2 rings (SSSR count). The summed E-state index contributed by atoms with van der Waals surface area (Å²) < 4.78 is 0. The van der Waals surface area contributed by atoms with Crippen molar-refractivity contribution < 1.29 is 9.90 Å². The number of benzene rings is 1. The molecule has 0 radical (unpaired) electrons. The lowest BCUT2D eigenvalue weighted by molar-refractivity contribution is 0.0752. The Hall–Kier alpha value is -1.79. The SMILES string of the molecule is CCN(C(=O)c1ccccc1C#CCCO)C1CC1. The highest BCUT2D eigenvalue weighted by Gasteiger charge is 2.32. The molecule has 1 N–H and O–H groups in total. The Balaban J connectivity index is 2.23. The molecule has 1 fully saturated rings. The van der Waals surface area contributed by atoms with E-state index in [1.807, 2.05) is 36.1 Å². The lowest BCUT2D eigenvalue weighted by atomic mass is 10.1. The minimum atomic E-state index is 0.0479. The molecule has 3 heteroatoms. The van der Waals surface area contributed by atoms with Crippen LogP contribution in [-0.4, -0.2) is 35.1 Å². The van der Waals surface area contributed by atoms with E-state index in [0.29, 0.717) is 18.0 Å². The molecule has 0 aliphatic heterocycles. The summed E-state index contributed by atoms with van der Waals surface area (Å²) in [7, 11) is 0. The van der Waals surface area contributed by atoms with Crippen LogP contribution in [0.3, 0.4) is 0 Å². The minimum Gasteiger partial charge on any atom is -0.395 e. The maximum absolute atomic E-state index is 12.5. The van der Waals surface area contributed by atoms with Crippen molar-refractivity contribution in [2.75, 3.05) is 13.2 Å². The highest BCUT2D eigenvalue weighted by Crippen LogP contribution is 2.28. The predicted octanol–water partition coefficient (Wildman–Crippen LogP) is 2.04. The first-order valence-corrected chi connectivity index (χ1v) is 6.77. The van der Waals surface area contributed by atoms with Crippen LogP contribution in [0.2, 0.25) is 0 Å². The molecule has 100 valence electrons. The van der Waals surface area contributed by atoms with E-state index in [-0.39, 0.29) is 12.5 Å². The van der Waals surface area contributed by atoms with Crippen LogP contribution in [0.25, 0.3) is 0 Å². The summed E-state index contributed by atoms with van der Waals surface area (Å²) >= 11 is 0. The van der Waals surface area contributed by atoms with Crippen molar-refractivity contribution in [3.8, 4) is 11.8 Å². The highest BCUT2D eigenvalue weighted by atomic mass is 16.2. The first-order chi connectivity index (χ1) is 9.27. The second kappa shape index (κ2) is 6.40. The second-order valence-corrected chi connectivity index (χ2v) is 4.64. The van der Waals surface area contributed by atoms with Gasteiger partial charge in [0.25, 0.3) is 5.91 Å². The molecule has 3 nitrogen and oxygen atoms in total. The van der Waals surface area contributed by atoms with Crippen molar-refractivity contribution in [3.05, 3.63) is 35.4 Å². The molecule has 0 aromatic heterocycles. The molecular formula is C16H19NO2. The van der Waals surface area contributed by atoms with Gasteiger partial charge in [-0.2, -0.15) is 0 Å². The summed E-state index contributed by atoms with van der Waals surface area (Å²) in [4.78, 5) is 14.4. The largest absolute Gasteiger partial charge is 0.395 e. The van der Waals surface area contributed by atoms with Crippen LogP contribution in [0.15, 0.2) is 24.3 Å². The number of rotatable bonds is 4. The topological polar surface area (TPSA) is 40.5 Å². The fourth-order valence-corrected chi connectivity index (χ4v) is 2.10. The van der Waals surface area contributed by atoms with E-state index in [0.717, 1.165) is 24.9 Å². The minimum absolute atomic E-state index is 0.0479. The van der Waals surface area contributed by atoms with Crippen molar-refractivity contribution >= 4 is 5.91 Å². The quantitative estimate of drug-likeness (QED) is 0.839. The maximum atomic E-state index is 12.5. The fourth-order valence-electron chi connectivity index (χ4n) is 2.10. The van der Waals surface area contributed by atoms with E-state index in [2.05, 4.69) is 11.8 Å². The summed E-state index contributed by atoms with van der Waals surface area (Å²) in [6.45, 7) is 2.80. The van der Waals surface area contributed by atoms with Gasteiger partial charge in [0, 0.05) is 24.6 Å². The zero-order valence-corrected chi connectivity index (χ0v) is 11.2. The zero-order valence-electron chi connectivity index (χ0n) is 11.2. The Kier molecular flexibility index (Phi) is 4.59. The molecule has 0 unspecified atom stereocenters. The van der Waals surface area contributed by atoms with Gasteiger partial charge >= 0.3 is 0 Å². The van der Waals surface area contributed by atoms with Gasteiger partial charge in [-0.25, -0.2) is 0 Å². The summed E-state index contributed by atoms with van der Waals surface area (Å²) in [5.41, 5.74) is 1.42.